The summed E-state index contributed by atoms with van der Waals surface area (Å²) in [5.41, 5.74) is 0. The van der Waals surface area contributed by atoms with Gasteiger partial charge in [-0.05, 0) is 25.0 Å². The molecule has 1 aromatic rings. The summed E-state index contributed by atoms with van der Waals surface area (Å²) in [7, 11) is 0. The molecule has 1 fully saturated rings. The molecule has 0 atom stereocenters. The Morgan fingerprint density at radius 3 is 2.87 bits per heavy atom. The number of hydrogen-bond donors (Lipinski definition) is 1. The van der Waals surface area contributed by atoms with Gasteiger partial charge in [-0.1, -0.05) is 0 Å². The van der Waals surface area contributed by atoms with Gasteiger partial charge in [0.1, 0.15) is 11.8 Å². The van der Waals surface area contributed by atoms with Gasteiger partial charge in [0, 0.05) is 19.3 Å². The smallest absolute Gasteiger partial charge is 0.203 e. The SMILES string of the molecule is N#Cc1ccc(CNC2CCOCC2)o1. The highest BCUT2D eigenvalue weighted by atomic mass is 16.5. The maximum Gasteiger partial charge on any atom is 0.203 e. The summed E-state index contributed by atoms with van der Waals surface area (Å²) in [6.07, 6.45) is 2.09. The predicted octanol–water partition coefficient (Wildman–Crippen LogP) is 1.42. The number of rotatable bonds is 3. The van der Waals surface area contributed by atoms with Crippen LogP contribution in [0, 0.1) is 11.3 Å². The van der Waals surface area contributed by atoms with E-state index in [9.17, 15) is 0 Å². The summed E-state index contributed by atoms with van der Waals surface area (Å²) in [4.78, 5) is 0. The fourth-order valence-electron chi connectivity index (χ4n) is 1.68. The number of nitrogens with zero attached hydrogens (tertiary/aromatic N) is 1. The van der Waals surface area contributed by atoms with Crippen LogP contribution in [0.5, 0.6) is 0 Å². The Morgan fingerprint density at radius 1 is 1.40 bits per heavy atom. The van der Waals surface area contributed by atoms with Crippen LogP contribution in [0.4, 0.5) is 0 Å². The molecule has 4 nitrogen and oxygen atoms in total. The lowest BCUT2D eigenvalue weighted by Crippen LogP contribution is -2.34. The maximum atomic E-state index is 8.59. The van der Waals surface area contributed by atoms with Crippen LogP contribution >= 0.6 is 0 Å². The van der Waals surface area contributed by atoms with Crippen molar-refractivity contribution in [2.45, 2.75) is 25.4 Å². The summed E-state index contributed by atoms with van der Waals surface area (Å²) in [6, 6.07) is 6.01. The van der Waals surface area contributed by atoms with Gasteiger partial charge in [0.25, 0.3) is 0 Å². The van der Waals surface area contributed by atoms with Crippen molar-refractivity contribution in [2.75, 3.05) is 13.2 Å². The molecule has 0 saturated carbocycles. The molecular formula is C11H14N2O2. The lowest BCUT2D eigenvalue weighted by Gasteiger charge is -2.22. The molecule has 2 heterocycles. The van der Waals surface area contributed by atoms with Crippen LogP contribution in [-0.4, -0.2) is 19.3 Å². The van der Waals surface area contributed by atoms with Crippen molar-refractivity contribution in [2.24, 2.45) is 0 Å². The Morgan fingerprint density at radius 2 is 2.20 bits per heavy atom. The van der Waals surface area contributed by atoms with Crippen molar-refractivity contribution in [3.63, 3.8) is 0 Å². The average molecular weight is 206 g/mol. The Labute approximate surface area is 88.8 Å². The van der Waals surface area contributed by atoms with Crippen molar-refractivity contribution in [1.29, 1.82) is 5.26 Å². The highest BCUT2D eigenvalue weighted by molar-refractivity contribution is 5.18. The third-order valence-corrected chi connectivity index (χ3v) is 2.56. The first-order chi connectivity index (χ1) is 7.38. The summed E-state index contributed by atoms with van der Waals surface area (Å²) in [5, 5.41) is 12.0. The minimum absolute atomic E-state index is 0.374. The van der Waals surface area contributed by atoms with Crippen molar-refractivity contribution < 1.29 is 9.15 Å². The molecule has 0 aromatic carbocycles. The highest BCUT2D eigenvalue weighted by Crippen LogP contribution is 2.09. The Kier molecular flexibility index (Phi) is 3.38. The quantitative estimate of drug-likeness (QED) is 0.812. The fraction of sp³-hybridized carbons (Fsp3) is 0.545. The molecule has 0 aliphatic carbocycles. The maximum absolute atomic E-state index is 8.59. The zero-order valence-electron chi connectivity index (χ0n) is 8.53. The minimum Gasteiger partial charge on any atom is -0.449 e. The second-order valence-electron chi connectivity index (χ2n) is 3.65. The van der Waals surface area contributed by atoms with E-state index >= 15 is 0 Å². The number of furan rings is 1. The van der Waals surface area contributed by atoms with E-state index < -0.39 is 0 Å². The van der Waals surface area contributed by atoms with E-state index in [2.05, 4.69) is 5.32 Å². The van der Waals surface area contributed by atoms with Gasteiger partial charge < -0.3 is 14.5 Å². The standard InChI is InChI=1S/C11H14N2O2/c12-7-10-1-2-11(15-10)8-13-9-3-5-14-6-4-9/h1-2,9,13H,3-6,8H2. The molecule has 0 bridgehead atoms. The summed E-state index contributed by atoms with van der Waals surface area (Å²) in [5.74, 6) is 1.19. The minimum atomic E-state index is 0.374. The van der Waals surface area contributed by atoms with Gasteiger partial charge in [0.15, 0.2) is 0 Å². The van der Waals surface area contributed by atoms with Crippen molar-refractivity contribution in [1.82, 2.24) is 5.32 Å². The van der Waals surface area contributed by atoms with Crippen molar-refractivity contribution >= 4 is 0 Å². The van der Waals surface area contributed by atoms with E-state index in [4.69, 9.17) is 14.4 Å². The van der Waals surface area contributed by atoms with Gasteiger partial charge in [0.05, 0.1) is 6.54 Å². The van der Waals surface area contributed by atoms with Crippen LogP contribution in [0.15, 0.2) is 16.5 Å². The topological polar surface area (TPSA) is 58.2 Å². The molecule has 80 valence electrons. The average Bonchev–Trinajstić information content (AvgIpc) is 2.76. The van der Waals surface area contributed by atoms with Crippen molar-refractivity contribution in [3.8, 4) is 6.07 Å². The number of nitrogens with one attached hydrogen (secondary N) is 1. The molecule has 0 radical (unpaired) electrons. The number of nitriles is 1. The second-order valence-corrected chi connectivity index (χ2v) is 3.65. The van der Waals surface area contributed by atoms with E-state index in [1.807, 2.05) is 12.1 Å². The summed E-state index contributed by atoms with van der Waals surface area (Å²) < 4.78 is 10.5. The second kappa shape index (κ2) is 4.96. The van der Waals surface area contributed by atoms with Gasteiger partial charge in [-0.25, -0.2) is 0 Å². The monoisotopic (exact) mass is 206 g/mol. The third kappa shape index (κ3) is 2.82. The van der Waals surface area contributed by atoms with Gasteiger partial charge in [-0.2, -0.15) is 5.26 Å². The van der Waals surface area contributed by atoms with Crippen molar-refractivity contribution in [3.05, 3.63) is 23.7 Å². The van der Waals surface area contributed by atoms with E-state index in [0.29, 0.717) is 18.3 Å². The molecule has 1 N–H and O–H groups in total. The Balaban J connectivity index is 1.79. The Bertz CT molecular complexity index is 348. The molecular weight excluding hydrogens is 192 g/mol. The van der Waals surface area contributed by atoms with Crippen LogP contribution in [0.25, 0.3) is 0 Å². The molecule has 0 amide bonds. The number of hydrogen-bond acceptors (Lipinski definition) is 4. The van der Waals surface area contributed by atoms with Crippen LogP contribution in [-0.2, 0) is 11.3 Å². The zero-order valence-corrected chi connectivity index (χ0v) is 8.53. The van der Waals surface area contributed by atoms with Gasteiger partial charge >= 0.3 is 0 Å². The lowest BCUT2D eigenvalue weighted by atomic mass is 10.1. The normalized spacial score (nSPS) is 17.5. The first kappa shape index (κ1) is 10.2. The zero-order chi connectivity index (χ0) is 10.5. The molecule has 15 heavy (non-hydrogen) atoms. The fourth-order valence-corrected chi connectivity index (χ4v) is 1.68. The van der Waals surface area contributed by atoms with Crippen LogP contribution in [0.2, 0.25) is 0 Å². The highest BCUT2D eigenvalue weighted by Gasteiger charge is 2.13. The molecule has 0 spiro atoms. The molecule has 1 saturated heterocycles. The van der Waals surface area contributed by atoms with E-state index in [-0.39, 0.29) is 0 Å². The summed E-state index contributed by atoms with van der Waals surface area (Å²) >= 11 is 0. The Hall–Kier alpha value is -1.31. The lowest BCUT2D eigenvalue weighted by molar-refractivity contribution is 0.0771. The third-order valence-electron chi connectivity index (χ3n) is 2.56. The van der Waals surface area contributed by atoms with E-state index in [0.717, 1.165) is 31.8 Å². The first-order valence-electron chi connectivity index (χ1n) is 5.18. The van der Waals surface area contributed by atoms with E-state index in [1.54, 1.807) is 6.07 Å². The molecule has 1 aromatic heterocycles. The molecule has 2 rings (SSSR count). The van der Waals surface area contributed by atoms with Gasteiger partial charge in [-0.15, -0.1) is 0 Å². The van der Waals surface area contributed by atoms with Crippen LogP contribution < -0.4 is 5.32 Å². The molecule has 1 aliphatic heterocycles. The van der Waals surface area contributed by atoms with E-state index in [1.165, 1.54) is 0 Å². The van der Waals surface area contributed by atoms with Gasteiger partial charge in [0.2, 0.25) is 5.76 Å². The number of ether oxygens (including phenoxy) is 1. The van der Waals surface area contributed by atoms with Crippen LogP contribution in [0.3, 0.4) is 0 Å². The molecule has 4 heteroatoms. The molecule has 0 unspecified atom stereocenters. The van der Waals surface area contributed by atoms with Crippen LogP contribution in [0.1, 0.15) is 24.4 Å². The predicted molar refractivity (Wildman–Crippen MR) is 54.1 cm³/mol. The van der Waals surface area contributed by atoms with Gasteiger partial charge in [-0.3, -0.25) is 0 Å². The molecule has 1 aliphatic rings. The first-order valence-corrected chi connectivity index (χ1v) is 5.18. The largest absolute Gasteiger partial charge is 0.449 e. The summed E-state index contributed by atoms with van der Waals surface area (Å²) in [6.45, 7) is 2.35.